The summed E-state index contributed by atoms with van der Waals surface area (Å²) in [4.78, 5) is 4.24. The maximum atomic E-state index is 4.24. The van der Waals surface area contributed by atoms with E-state index in [4.69, 9.17) is 0 Å². The molecule has 1 aliphatic rings. The molecule has 0 aromatic carbocycles. The van der Waals surface area contributed by atoms with Gasteiger partial charge in [-0.15, -0.1) is 0 Å². The Labute approximate surface area is 50.0 Å². The molecule has 0 aromatic heterocycles. The average Bonchev–Trinajstić information content (AvgIpc) is 2.14. The van der Waals surface area contributed by atoms with Gasteiger partial charge in [0, 0.05) is 12.5 Å². The standard InChI is InChI=1S/C6H12N2/c1-3-6-7-4-5(2)8-6/h5H,3-4H2,1-2H3,(H,7,8). The summed E-state index contributed by atoms with van der Waals surface area (Å²) in [6, 6.07) is 0.574. The van der Waals surface area contributed by atoms with E-state index in [1.54, 1.807) is 0 Å². The quantitative estimate of drug-likeness (QED) is 0.532. The Morgan fingerprint density at radius 2 is 2.62 bits per heavy atom. The number of hydrogen-bond donors (Lipinski definition) is 1. The fraction of sp³-hybridized carbons (Fsp3) is 0.833. The van der Waals surface area contributed by atoms with Crippen molar-refractivity contribution in [2.24, 2.45) is 4.99 Å². The molecule has 2 heteroatoms. The SMILES string of the molecule is CCC1=NCC(C)N1. The van der Waals surface area contributed by atoms with E-state index >= 15 is 0 Å². The summed E-state index contributed by atoms with van der Waals surface area (Å²) >= 11 is 0. The normalized spacial score (nSPS) is 27.2. The highest BCUT2D eigenvalue weighted by Crippen LogP contribution is 1.95. The summed E-state index contributed by atoms with van der Waals surface area (Å²) in [5.74, 6) is 1.16. The van der Waals surface area contributed by atoms with E-state index in [1.165, 1.54) is 0 Å². The predicted molar refractivity (Wildman–Crippen MR) is 35.2 cm³/mol. The number of amidine groups is 1. The fourth-order valence-electron chi connectivity index (χ4n) is 0.837. The lowest BCUT2D eigenvalue weighted by Gasteiger charge is -2.01. The summed E-state index contributed by atoms with van der Waals surface area (Å²) in [5, 5.41) is 3.25. The zero-order valence-electron chi connectivity index (χ0n) is 5.44. The maximum absolute atomic E-state index is 4.24. The molecule has 0 saturated carbocycles. The Morgan fingerprint density at radius 3 is 2.88 bits per heavy atom. The minimum absolute atomic E-state index is 0.574. The Hall–Kier alpha value is -0.530. The van der Waals surface area contributed by atoms with Gasteiger partial charge in [0.15, 0.2) is 0 Å². The average molecular weight is 112 g/mol. The number of nitrogens with one attached hydrogen (secondary N) is 1. The summed E-state index contributed by atoms with van der Waals surface area (Å²) in [6.07, 6.45) is 1.05. The molecule has 1 unspecified atom stereocenters. The molecule has 1 aliphatic heterocycles. The number of hydrogen-bond acceptors (Lipinski definition) is 2. The molecule has 0 radical (unpaired) electrons. The first-order valence-corrected chi connectivity index (χ1v) is 3.12. The second-order valence-electron chi connectivity index (χ2n) is 2.19. The van der Waals surface area contributed by atoms with Crippen LogP contribution in [0.2, 0.25) is 0 Å². The summed E-state index contributed by atoms with van der Waals surface area (Å²) in [5.41, 5.74) is 0. The Kier molecular flexibility index (Phi) is 1.51. The molecule has 0 saturated heterocycles. The fourth-order valence-corrected chi connectivity index (χ4v) is 0.837. The van der Waals surface area contributed by atoms with E-state index in [0.717, 1.165) is 18.8 Å². The van der Waals surface area contributed by atoms with Crippen molar-refractivity contribution in [2.45, 2.75) is 26.3 Å². The molecule has 0 aliphatic carbocycles. The van der Waals surface area contributed by atoms with E-state index < -0.39 is 0 Å². The summed E-state index contributed by atoms with van der Waals surface area (Å²) in [7, 11) is 0. The van der Waals surface area contributed by atoms with E-state index in [-0.39, 0.29) is 0 Å². The van der Waals surface area contributed by atoms with Crippen LogP contribution in [0.4, 0.5) is 0 Å². The van der Waals surface area contributed by atoms with Gasteiger partial charge in [-0.25, -0.2) is 0 Å². The van der Waals surface area contributed by atoms with Crippen molar-refractivity contribution in [3.8, 4) is 0 Å². The van der Waals surface area contributed by atoms with Crippen LogP contribution in [-0.2, 0) is 0 Å². The molecule has 0 fully saturated rings. The minimum atomic E-state index is 0.574. The lowest BCUT2D eigenvalue weighted by Crippen LogP contribution is -2.26. The summed E-state index contributed by atoms with van der Waals surface area (Å²) < 4.78 is 0. The van der Waals surface area contributed by atoms with Crippen molar-refractivity contribution in [1.29, 1.82) is 0 Å². The van der Waals surface area contributed by atoms with Gasteiger partial charge in [-0.05, 0) is 6.92 Å². The van der Waals surface area contributed by atoms with Crippen LogP contribution in [0.25, 0.3) is 0 Å². The van der Waals surface area contributed by atoms with Crippen LogP contribution >= 0.6 is 0 Å². The van der Waals surface area contributed by atoms with Crippen molar-refractivity contribution >= 4 is 5.84 Å². The maximum Gasteiger partial charge on any atom is 0.0963 e. The van der Waals surface area contributed by atoms with Gasteiger partial charge in [0.1, 0.15) is 0 Å². The Bertz CT molecular complexity index is 107. The first kappa shape index (κ1) is 5.60. The van der Waals surface area contributed by atoms with Crippen molar-refractivity contribution in [2.75, 3.05) is 6.54 Å². The van der Waals surface area contributed by atoms with E-state index in [9.17, 15) is 0 Å². The van der Waals surface area contributed by atoms with Gasteiger partial charge >= 0.3 is 0 Å². The first-order valence-electron chi connectivity index (χ1n) is 3.12. The number of nitrogens with zero attached hydrogens (tertiary/aromatic N) is 1. The van der Waals surface area contributed by atoms with Crippen LogP contribution < -0.4 is 5.32 Å². The molecular weight excluding hydrogens is 100 g/mol. The third kappa shape index (κ3) is 0.997. The van der Waals surface area contributed by atoms with Crippen LogP contribution in [0.15, 0.2) is 4.99 Å². The monoisotopic (exact) mass is 112 g/mol. The van der Waals surface area contributed by atoms with Crippen LogP contribution in [0.3, 0.4) is 0 Å². The van der Waals surface area contributed by atoms with E-state index in [2.05, 4.69) is 24.2 Å². The van der Waals surface area contributed by atoms with Gasteiger partial charge in [-0.3, -0.25) is 4.99 Å². The van der Waals surface area contributed by atoms with Gasteiger partial charge < -0.3 is 5.32 Å². The largest absolute Gasteiger partial charge is 0.370 e. The van der Waals surface area contributed by atoms with Crippen LogP contribution in [0.5, 0.6) is 0 Å². The molecule has 1 N–H and O–H groups in total. The van der Waals surface area contributed by atoms with E-state index in [1.807, 2.05) is 0 Å². The smallest absolute Gasteiger partial charge is 0.0963 e. The molecule has 0 bridgehead atoms. The highest BCUT2D eigenvalue weighted by molar-refractivity contribution is 5.83. The lowest BCUT2D eigenvalue weighted by atomic mass is 10.4. The second-order valence-corrected chi connectivity index (χ2v) is 2.19. The first-order chi connectivity index (χ1) is 3.83. The molecule has 1 atom stereocenters. The highest BCUT2D eigenvalue weighted by atomic mass is 15.1. The van der Waals surface area contributed by atoms with Crippen molar-refractivity contribution in [3.63, 3.8) is 0 Å². The van der Waals surface area contributed by atoms with Crippen molar-refractivity contribution in [3.05, 3.63) is 0 Å². The summed E-state index contributed by atoms with van der Waals surface area (Å²) in [6.45, 7) is 5.22. The van der Waals surface area contributed by atoms with Crippen LogP contribution in [-0.4, -0.2) is 18.4 Å². The zero-order chi connectivity index (χ0) is 5.98. The molecule has 0 amide bonds. The second kappa shape index (κ2) is 2.16. The molecule has 0 aromatic rings. The third-order valence-electron chi connectivity index (χ3n) is 1.30. The van der Waals surface area contributed by atoms with Gasteiger partial charge in [0.2, 0.25) is 0 Å². The Morgan fingerprint density at radius 1 is 1.88 bits per heavy atom. The van der Waals surface area contributed by atoms with Gasteiger partial charge in [0.05, 0.1) is 12.4 Å². The molecular formula is C6H12N2. The number of aliphatic imine (C=N–C) groups is 1. The molecule has 1 heterocycles. The van der Waals surface area contributed by atoms with Crippen LogP contribution in [0, 0.1) is 0 Å². The molecule has 1 rings (SSSR count). The third-order valence-corrected chi connectivity index (χ3v) is 1.30. The molecule has 0 spiro atoms. The van der Waals surface area contributed by atoms with Crippen molar-refractivity contribution in [1.82, 2.24) is 5.32 Å². The van der Waals surface area contributed by atoms with E-state index in [0.29, 0.717) is 6.04 Å². The lowest BCUT2D eigenvalue weighted by molar-refractivity contribution is 0.722. The van der Waals surface area contributed by atoms with Crippen molar-refractivity contribution < 1.29 is 0 Å². The molecule has 8 heavy (non-hydrogen) atoms. The number of rotatable bonds is 1. The van der Waals surface area contributed by atoms with Gasteiger partial charge in [0.25, 0.3) is 0 Å². The molecule has 2 nitrogen and oxygen atoms in total. The Balaban J connectivity index is 2.37. The van der Waals surface area contributed by atoms with Gasteiger partial charge in [-0.2, -0.15) is 0 Å². The predicted octanol–water partition coefficient (Wildman–Crippen LogP) is 0.787. The molecule has 46 valence electrons. The topological polar surface area (TPSA) is 24.4 Å². The van der Waals surface area contributed by atoms with Crippen LogP contribution in [0.1, 0.15) is 20.3 Å². The minimum Gasteiger partial charge on any atom is -0.370 e. The zero-order valence-corrected chi connectivity index (χ0v) is 5.44. The van der Waals surface area contributed by atoms with Gasteiger partial charge in [-0.1, -0.05) is 6.92 Å². The highest BCUT2D eigenvalue weighted by Gasteiger charge is 2.08.